The molecule has 0 spiro atoms. The van der Waals surface area contributed by atoms with Gasteiger partial charge in [0.1, 0.15) is 6.54 Å². The van der Waals surface area contributed by atoms with Gasteiger partial charge in [0.05, 0.1) is 0 Å². The standard InChI is InChI=1S/C16H25N5OS.HI/c1-5-17-15(18-9-8-12-7-6-10-23-12)19-11-13-20-14(22-21-13)16(2,3)4;/h6-7,10H,5,8-9,11H2,1-4H3,(H2,17,18,19);1H. The highest BCUT2D eigenvalue weighted by atomic mass is 127. The van der Waals surface area contributed by atoms with Gasteiger partial charge >= 0.3 is 0 Å². The average molecular weight is 463 g/mol. The Hall–Kier alpha value is -1.16. The van der Waals surface area contributed by atoms with E-state index >= 15 is 0 Å². The maximum absolute atomic E-state index is 5.28. The molecule has 0 radical (unpaired) electrons. The number of aliphatic imine (C=N–C) groups is 1. The summed E-state index contributed by atoms with van der Waals surface area (Å²) < 4.78 is 5.28. The lowest BCUT2D eigenvalue weighted by molar-refractivity contribution is 0.318. The van der Waals surface area contributed by atoms with E-state index in [1.807, 2.05) is 27.7 Å². The van der Waals surface area contributed by atoms with Crippen LogP contribution in [0, 0.1) is 0 Å². The zero-order valence-corrected chi connectivity index (χ0v) is 17.8. The minimum absolute atomic E-state index is 0. The fourth-order valence-corrected chi connectivity index (χ4v) is 2.58. The Morgan fingerprint density at radius 3 is 2.71 bits per heavy atom. The van der Waals surface area contributed by atoms with Crippen LogP contribution < -0.4 is 10.6 Å². The summed E-state index contributed by atoms with van der Waals surface area (Å²) in [6.45, 7) is 10.2. The molecule has 2 N–H and O–H groups in total. The maximum atomic E-state index is 5.28. The van der Waals surface area contributed by atoms with Gasteiger partial charge in [-0.3, -0.25) is 0 Å². The lowest BCUT2D eigenvalue weighted by Crippen LogP contribution is -2.38. The van der Waals surface area contributed by atoms with Gasteiger partial charge in [-0.15, -0.1) is 35.3 Å². The average Bonchev–Trinajstić information content (AvgIpc) is 3.15. The summed E-state index contributed by atoms with van der Waals surface area (Å²) in [5.74, 6) is 2.01. The second kappa shape index (κ2) is 9.97. The molecule has 2 aromatic rings. The highest BCUT2D eigenvalue weighted by molar-refractivity contribution is 14.0. The van der Waals surface area contributed by atoms with Crippen molar-refractivity contribution in [3.05, 3.63) is 34.1 Å². The molecule has 0 aliphatic heterocycles. The zero-order valence-electron chi connectivity index (χ0n) is 14.6. The number of hydrogen-bond acceptors (Lipinski definition) is 5. The van der Waals surface area contributed by atoms with Crippen molar-refractivity contribution in [1.29, 1.82) is 0 Å². The summed E-state index contributed by atoms with van der Waals surface area (Å²) in [7, 11) is 0. The minimum atomic E-state index is -0.140. The van der Waals surface area contributed by atoms with E-state index < -0.39 is 0 Å². The number of guanidine groups is 1. The quantitative estimate of drug-likeness (QED) is 0.391. The maximum Gasteiger partial charge on any atom is 0.232 e. The van der Waals surface area contributed by atoms with E-state index in [9.17, 15) is 0 Å². The van der Waals surface area contributed by atoms with Crippen molar-refractivity contribution < 1.29 is 4.52 Å². The van der Waals surface area contributed by atoms with Crippen LogP contribution in [-0.2, 0) is 18.4 Å². The second-order valence-electron chi connectivity index (χ2n) is 6.22. The third kappa shape index (κ3) is 6.76. The number of nitrogens with one attached hydrogen (secondary N) is 2. The highest BCUT2D eigenvalue weighted by Crippen LogP contribution is 2.19. The molecule has 0 saturated carbocycles. The minimum Gasteiger partial charge on any atom is -0.357 e. The summed E-state index contributed by atoms with van der Waals surface area (Å²) in [5.41, 5.74) is -0.140. The summed E-state index contributed by atoms with van der Waals surface area (Å²) in [6.07, 6.45) is 0.985. The van der Waals surface area contributed by atoms with E-state index in [-0.39, 0.29) is 29.4 Å². The van der Waals surface area contributed by atoms with Gasteiger partial charge in [0.15, 0.2) is 11.8 Å². The molecule has 0 aromatic carbocycles. The highest BCUT2D eigenvalue weighted by Gasteiger charge is 2.21. The first-order valence-corrected chi connectivity index (χ1v) is 8.74. The summed E-state index contributed by atoms with van der Waals surface area (Å²) in [5, 5.41) is 12.6. The Bertz CT molecular complexity index is 619. The summed E-state index contributed by atoms with van der Waals surface area (Å²) >= 11 is 1.77. The van der Waals surface area contributed by atoms with Crippen LogP contribution in [-0.4, -0.2) is 29.2 Å². The SMILES string of the molecule is CCNC(=NCc1noc(C(C)(C)C)n1)NCCc1cccs1.I. The smallest absolute Gasteiger partial charge is 0.232 e. The van der Waals surface area contributed by atoms with Gasteiger partial charge in [-0.05, 0) is 24.8 Å². The van der Waals surface area contributed by atoms with E-state index in [2.05, 4.69) is 43.3 Å². The Morgan fingerprint density at radius 2 is 2.12 bits per heavy atom. The van der Waals surface area contributed by atoms with E-state index in [0.717, 1.165) is 25.5 Å². The van der Waals surface area contributed by atoms with E-state index in [1.165, 1.54) is 4.88 Å². The third-order valence-corrected chi connectivity index (χ3v) is 4.01. The Labute approximate surface area is 164 Å². The van der Waals surface area contributed by atoms with E-state index in [0.29, 0.717) is 18.3 Å². The molecule has 0 bridgehead atoms. The van der Waals surface area contributed by atoms with Crippen LogP contribution in [0.3, 0.4) is 0 Å². The van der Waals surface area contributed by atoms with Gasteiger partial charge in [0.25, 0.3) is 0 Å². The van der Waals surface area contributed by atoms with Crippen molar-refractivity contribution in [3.8, 4) is 0 Å². The molecule has 0 aliphatic rings. The molecule has 0 saturated heterocycles. The first kappa shape index (κ1) is 20.9. The second-order valence-corrected chi connectivity index (χ2v) is 7.25. The lowest BCUT2D eigenvalue weighted by Gasteiger charge is -2.10. The van der Waals surface area contributed by atoms with E-state index in [4.69, 9.17) is 4.52 Å². The molecule has 0 fully saturated rings. The third-order valence-electron chi connectivity index (χ3n) is 3.08. The largest absolute Gasteiger partial charge is 0.357 e. The predicted octanol–water partition coefficient (Wildman–Crippen LogP) is 3.34. The fourth-order valence-electron chi connectivity index (χ4n) is 1.87. The van der Waals surface area contributed by atoms with Crippen molar-refractivity contribution >= 4 is 41.3 Å². The molecule has 134 valence electrons. The first-order valence-electron chi connectivity index (χ1n) is 7.86. The molecule has 24 heavy (non-hydrogen) atoms. The molecule has 0 amide bonds. The molecule has 8 heteroatoms. The molecule has 2 aromatic heterocycles. The molecule has 0 aliphatic carbocycles. The molecule has 6 nitrogen and oxygen atoms in total. The topological polar surface area (TPSA) is 75.3 Å². The van der Waals surface area contributed by atoms with Gasteiger partial charge in [-0.1, -0.05) is 32.0 Å². The number of aromatic nitrogens is 2. The molecular formula is C16H26IN5OS. The molecule has 0 unspecified atom stereocenters. The van der Waals surface area contributed by atoms with Crippen LogP contribution in [0.4, 0.5) is 0 Å². The number of hydrogen-bond donors (Lipinski definition) is 2. The summed E-state index contributed by atoms with van der Waals surface area (Å²) in [4.78, 5) is 10.3. The number of thiophene rings is 1. The normalized spacial score (nSPS) is 11.9. The van der Waals surface area contributed by atoms with Crippen molar-refractivity contribution in [1.82, 2.24) is 20.8 Å². The monoisotopic (exact) mass is 463 g/mol. The van der Waals surface area contributed by atoms with Crippen molar-refractivity contribution in [2.75, 3.05) is 13.1 Å². The van der Waals surface area contributed by atoms with Gasteiger partial charge in [-0.25, -0.2) is 4.99 Å². The Morgan fingerprint density at radius 1 is 1.33 bits per heavy atom. The van der Waals surface area contributed by atoms with Crippen LogP contribution >= 0.6 is 35.3 Å². The Balaban J connectivity index is 0.00000288. The summed E-state index contributed by atoms with van der Waals surface area (Å²) in [6, 6.07) is 4.21. The molecular weight excluding hydrogens is 437 g/mol. The van der Waals surface area contributed by atoms with E-state index in [1.54, 1.807) is 11.3 Å². The lowest BCUT2D eigenvalue weighted by atomic mass is 9.97. The number of rotatable bonds is 6. The van der Waals surface area contributed by atoms with Gasteiger partial charge in [0.2, 0.25) is 5.89 Å². The predicted molar refractivity (Wildman–Crippen MR) is 109 cm³/mol. The van der Waals surface area contributed by atoms with Crippen molar-refractivity contribution in [2.24, 2.45) is 4.99 Å². The van der Waals surface area contributed by atoms with Crippen LogP contribution in [0.2, 0.25) is 0 Å². The number of nitrogens with zero attached hydrogens (tertiary/aromatic N) is 3. The van der Waals surface area contributed by atoms with Crippen molar-refractivity contribution in [3.63, 3.8) is 0 Å². The van der Waals surface area contributed by atoms with Gasteiger partial charge in [0, 0.05) is 23.4 Å². The molecule has 2 rings (SSSR count). The van der Waals surface area contributed by atoms with Gasteiger partial charge in [-0.2, -0.15) is 4.98 Å². The van der Waals surface area contributed by atoms with Crippen LogP contribution in [0.15, 0.2) is 27.0 Å². The first-order chi connectivity index (χ1) is 11.0. The zero-order chi connectivity index (χ0) is 16.7. The van der Waals surface area contributed by atoms with Crippen LogP contribution in [0.25, 0.3) is 0 Å². The fraction of sp³-hybridized carbons (Fsp3) is 0.562. The van der Waals surface area contributed by atoms with Gasteiger partial charge < -0.3 is 15.2 Å². The van der Waals surface area contributed by atoms with Crippen LogP contribution in [0.1, 0.15) is 44.3 Å². The Kier molecular flexibility index (Phi) is 8.68. The number of halogens is 1. The molecule has 0 atom stereocenters. The van der Waals surface area contributed by atoms with Crippen molar-refractivity contribution in [2.45, 2.75) is 46.1 Å². The molecule has 2 heterocycles. The van der Waals surface area contributed by atoms with Crippen LogP contribution in [0.5, 0.6) is 0 Å².